The van der Waals surface area contributed by atoms with Gasteiger partial charge in [0.25, 0.3) is 11.8 Å². The molecule has 6 rings (SSSR count). The lowest BCUT2D eigenvalue weighted by molar-refractivity contribution is -0.147. The number of amides is 2. The summed E-state index contributed by atoms with van der Waals surface area (Å²) in [5.41, 5.74) is 34.8. The van der Waals surface area contributed by atoms with Gasteiger partial charge in [0.05, 0.1) is 26.1 Å². The highest BCUT2D eigenvalue weighted by molar-refractivity contribution is 5.96. The topological polar surface area (TPSA) is 215 Å². The predicted octanol–water partition coefficient (Wildman–Crippen LogP) is 9.34. The second kappa shape index (κ2) is 27.6. The van der Waals surface area contributed by atoms with Crippen molar-refractivity contribution in [2.24, 2.45) is 34.8 Å². The van der Waals surface area contributed by atoms with Gasteiger partial charge in [-0.25, -0.2) is 0 Å². The summed E-state index contributed by atoms with van der Waals surface area (Å²) in [6, 6.07) is 45.3. The number of carbonyl (C=O) groups is 4. The fourth-order valence-electron chi connectivity index (χ4n) is 8.56. The van der Waals surface area contributed by atoms with Crippen LogP contribution in [0, 0.1) is 11.8 Å². The van der Waals surface area contributed by atoms with Crippen LogP contribution in [0.15, 0.2) is 159 Å². The second-order valence-electron chi connectivity index (χ2n) is 17.8. The number of methoxy groups -OCH3 is 2. The summed E-state index contributed by atoms with van der Waals surface area (Å²) in [6.07, 6.45) is 3.86. The van der Waals surface area contributed by atoms with Crippen molar-refractivity contribution in [3.05, 3.63) is 203 Å². The molecule has 0 saturated heterocycles. The maximum atomic E-state index is 13.3. The molecule has 12 heteroatoms. The van der Waals surface area contributed by atoms with Gasteiger partial charge in [-0.2, -0.15) is 0 Å². The van der Waals surface area contributed by atoms with E-state index in [1.54, 1.807) is 24.3 Å². The first-order valence-electron chi connectivity index (χ1n) is 24.4. The first kappa shape index (κ1) is 55.1. The summed E-state index contributed by atoms with van der Waals surface area (Å²) in [5.74, 6) is -2.27. The number of hydrogen-bond acceptors (Lipinski definition) is 10. The molecule has 10 N–H and O–H groups in total. The molecule has 0 saturated carbocycles. The van der Waals surface area contributed by atoms with Crippen molar-refractivity contribution in [3.8, 4) is 22.3 Å². The molecular formula is C60H70N6O6. The summed E-state index contributed by atoms with van der Waals surface area (Å²) in [4.78, 5) is 51.9. The molecule has 72 heavy (non-hydrogen) atoms. The minimum absolute atomic E-state index is 0.221. The Bertz CT molecular complexity index is 2790. The molecule has 6 aromatic carbocycles. The van der Waals surface area contributed by atoms with Crippen LogP contribution in [0.25, 0.3) is 33.6 Å². The molecule has 0 aliphatic rings. The molecule has 0 radical (unpaired) electrons. The first-order valence-corrected chi connectivity index (χ1v) is 24.4. The van der Waals surface area contributed by atoms with E-state index < -0.39 is 17.9 Å². The molecule has 0 heterocycles. The molecule has 4 unspecified atom stereocenters. The molecule has 0 spiro atoms. The SMILES string of the molecule is C=C(N)c1cccc(CC(C(=O)OC)C(CC)NC(=O)c2ccc(-c3cccc(CN)c3)cc2)c1.C=C(N)c1cccc(CC(C(=O)OC)C(CCCC)NC(=O)c2ccc(-c3cccc(CN)c3)cc2)c1. The van der Waals surface area contributed by atoms with Crippen molar-refractivity contribution in [1.82, 2.24) is 10.6 Å². The van der Waals surface area contributed by atoms with Gasteiger partial charge in [-0.3, -0.25) is 19.2 Å². The zero-order chi connectivity index (χ0) is 52.2. The zero-order valence-electron chi connectivity index (χ0n) is 42.0. The Morgan fingerprint density at radius 2 is 0.889 bits per heavy atom. The van der Waals surface area contributed by atoms with E-state index in [4.69, 9.17) is 32.4 Å². The quantitative estimate of drug-likeness (QED) is 0.0355. The summed E-state index contributed by atoms with van der Waals surface area (Å²) in [6.45, 7) is 12.5. The van der Waals surface area contributed by atoms with Gasteiger partial charge in [-0.1, -0.05) is 137 Å². The van der Waals surface area contributed by atoms with E-state index in [2.05, 4.69) is 30.7 Å². The lowest BCUT2D eigenvalue weighted by Gasteiger charge is -2.27. The van der Waals surface area contributed by atoms with E-state index in [1.807, 2.05) is 128 Å². The highest BCUT2D eigenvalue weighted by atomic mass is 16.5. The molecular weight excluding hydrogens is 901 g/mol. The van der Waals surface area contributed by atoms with E-state index in [0.717, 1.165) is 68.5 Å². The molecule has 0 aliphatic heterocycles. The maximum absolute atomic E-state index is 13.3. The van der Waals surface area contributed by atoms with Crippen molar-refractivity contribution in [3.63, 3.8) is 0 Å². The van der Waals surface area contributed by atoms with E-state index in [-0.39, 0.29) is 29.8 Å². The van der Waals surface area contributed by atoms with Gasteiger partial charge in [0.15, 0.2) is 0 Å². The molecule has 12 nitrogen and oxygen atoms in total. The molecule has 0 aliphatic carbocycles. The van der Waals surface area contributed by atoms with Crippen molar-refractivity contribution in [2.75, 3.05) is 14.2 Å². The standard InChI is InChI=1S/C31H37N3O3.C29H33N3O3/c1-4-5-12-29(28(31(36)37-3)19-22-8-6-10-26(17-22)21(2)33)34-30(35)25-15-13-24(14-16-25)27-11-7-9-23(18-27)20-32;1-4-27(26(29(34)35-3)17-20-7-5-9-24(15-20)19(2)31)32-28(33)23-13-11-22(12-14-23)25-10-6-8-21(16-25)18-30/h6-11,13-18,28-29H,2,4-5,12,19-20,32-33H2,1,3H3,(H,34,35);5-16,26-27H,2,4,17-18,30-31H2,1,3H3,(H,32,33). The van der Waals surface area contributed by atoms with Crippen LogP contribution >= 0.6 is 0 Å². The number of nitrogens with one attached hydrogen (secondary N) is 2. The van der Waals surface area contributed by atoms with Crippen molar-refractivity contribution in [2.45, 2.75) is 77.5 Å². The average molecular weight is 971 g/mol. The Morgan fingerprint density at radius 3 is 1.26 bits per heavy atom. The maximum Gasteiger partial charge on any atom is 0.311 e. The number of unbranched alkanes of at least 4 members (excludes halogenated alkanes) is 1. The van der Waals surface area contributed by atoms with Gasteiger partial charge in [-0.15, -0.1) is 0 Å². The smallest absolute Gasteiger partial charge is 0.311 e. The molecule has 6 aromatic rings. The van der Waals surface area contributed by atoms with Gasteiger partial charge < -0.3 is 43.0 Å². The van der Waals surface area contributed by atoms with Gasteiger partial charge in [0.1, 0.15) is 0 Å². The third kappa shape index (κ3) is 15.6. The van der Waals surface area contributed by atoms with Crippen molar-refractivity contribution < 1.29 is 28.7 Å². The van der Waals surface area contributed by atoms with Gasteiger partial charge in [0.2, 0.25) is 0 Å². The Balaban J connectivity index is 0.000000268. The van der Waals surface area contributed by atoms with Crippen molar-refractivity contribution >= 4 is 35.1 Å². The van der Waals surface area contributed by atoms with E-state index in [1.165, 1.54) is 14.2 Å². The van der Waals surface area contributed by atoms with Crippen LogP contribution in [0.1, 0.15) is 93.6 Å². The number of esters is 2. The lowest BCUT2D eigenvalue weighted by Crippen LogP contribution is -2.44. The monoisotopic (exact) mass is 971 g/mol. The van der Waals surface area contributed by atoms with Crippen LogP contribution in [0.4, 0.5) is 0 Å². The fraction of sp³-hybridized carbons (Fsp3) is 0.267. The molecule has 0 aromatic heterocycles. The van der Waals surface area contributed by atoms with Crippen LogP contribution in [-0.2, 0) is 45.0 Å². The number of rotatable bonds is 22. The Hall–Kier alpha value is -7.80. The third-order valence-electron chi connectivity index (χ3n) is 12.7. The minimum atomic E-state index is -0.548. The molecule has 4 atom stereocenters. The van der Waals surface area contributed by atoms with E-state index in [9.17, 15) is 19.2 Å². The molecule has 376 valence electrons. The summed E-state index contributed by atoms with van der Waals surface area (Å²) in [5, 5.41) is 6.15. The molecule has 0 fully saturated rings. The van der Waals surface area contributed by atoms with Gasteiger partial charge in [0, 0.05) is 47.7 Å². The lowest BCUT2D eigenvalue weighted by atomic mass is 9.88. The largest absolute Gasteiger partial charge is 0.469 e. The number of nitrogens with two attached hydrogens (primary N) is 4. The third-order valence-corrected chi connectivity index (χ3v) is 12.7. The molecule has 2 amide bonds. The van der Waals surface area contributed by atoms with Crippen LogP contribution in [0.5, 0.6) is 0 Å². The Morgan fingerprint density at radius 1 is 0.500 bits per heavy atom. The van der Waals surface area contributed by atoms with Crippen LogP contribution in [0.2, 0.25) is 0 Å². The highest BCUT2D eigenvalue weighted by Gasteiger charge is 2.32. The fourth-order valence-corrected chi connectivity index (χ4v) is 8.56. The van der Waals surface area contributed by atoms with E-state index in [0.29, 0.717) is 61.3 Å². The van der Waals surface area contributed by atoms with Crippen LogP contribution in [0.3, 0.4) is 0 Å². The number of benzene rings is 6. The zero-order valence-corrected chi connectivity index (χ0v) is 42.0. The first-order chi connectivity index (χ1) is 34.7. The molecule has 0 bridgehead atoms. The number of hydrogen-bond donors (Lipinski definition) is 6. The van der Waals surface area contributed by atoms with Gasteiger partial charge in [-0.05, 0) is 130 Å². The number of ether oxygens (including phenoxy) is 2. The Kier molecular flexibility index (Phi) is 21.1. The summed E-state index contributed by atoms with van der Waals surface area (Å²) < 4.78 is 10.2. The second-order valence-corrected chi connectivity index (χ2v) is 17.8. The summed E-state index contributed by atoms with van der Waals surface area (Å²) >= 11 is 0. The van der Waals surface area contributed by atoms with Crippen molar-refractivity contribution in [1.29, 1.82) is 0 Å². The van der Waals surface area contributed by atoms with Gasteiger partial charge >= 0.3 is 11.9 Å². The number of carbonyl (C=O) groups excluding carboxylic acids is 4. The van der Waals surface area contributed by atoms with E-state index >= 15 is 0 Å². The summed E-state index contributed by atoms with van der Waals surface area (Å²) in [7, 11) is 2.74. The Labute approximate surface area is 424 Å². The minimum Gasteiger partial charge on any atom is -0.469 e. The average Bonchev–Trinajstić information content (AvgIpc) is 3.42. The highest BCUT2D eigenvalue weighted by Crippen LogP contribution is 2.26. The van der Waals surface area contributed by atoms with Crippen LogP contribution < -0.4 is 33.6 Å². The normalized spacial score (nSPS) is 12.4. The predicted molar refractivity (Wildman–Crippen MR) is 290 cm³/mol. The van der Waals surface area contributed by atoms with Crippen LogP contribution in [-0.4, -0.2) is 50.1 Å².